The minimum Gasteiger partial charge on any atom is -0.325 e. The van der Waals surface area contributed by atoms with E-state index in [1.165, 1.54) is 6.07 Å². The molecule has 2 rings (SSSR count). The molecule has 16 heavy (non-hydrogen) atoms. The van der Waals surface area contributed by atoms with Gasteiger partial charge in [-0.25, -0.2) is 0 Å². The molecule has 0 radical (unpaired) electrons. The molecular weight excluding hydrogens is 208 g/mol. The van der Waals surface area contributed by atoms with E-state index in [1.54, 1.807) is 19.1 Å². The molecule has 1 aromatic carbocycles. The van der Waals surface area contributed by atoms with Crippen molar-refractivity contribution in [2.75, 3.05) is 5.32 Å². The Balaban J connectivity index is 2.23. The van der Waals surface area contributed by atoms with E-state index in [0.717, 1.165) is 12.8 Å². The third-order valence-electron chi connectivity index (χ3n) is 2.71. The number of nitrogens with one attached hydrogen (secondary N) is 1. The van der Waals surface area contributed by atoms with Gasteiger partial charge in [-0.1, -0.05) is 6.07 Å². The molecule has 1 N–H and O–H groups in total. The van der Waals surface area contributed by atoms with E-state index >= 15 is 0 Å². The predicted molar refractivity (Wildman–Crippen MR) is 59.2 cm³/mol. The lowest BCUT2D eigenvalue weighted by molar-refractivity contribution is -0.385. The zero-order valence-electron chi connectivity index (χ0n) is 8.90. The third kappa shape index (κ3) is 2.03. The van der Waals surface area contributed by atoms with Gasteiger partial charge in [0.25, 0.3) is 5.69 Å². The van der Waals surface area contributed by atoms with Crippen LogP contribution in [0, 0.1) is 23.0 Å². The van der Waals surface area contributed by atoms with E-state index in [0.29, 0.717) is 11.3 Å². The normalized spacial score (nSPS) is 14.6. The molecule has 1 saturated carbocycles. The van der Waals surface area contributed by atoms with Crippen LogP contribution in [0.2, 0.25) is 0 Å². The van der Waals surface area contributed by atoms with Crippen molar-refractivity contribution in [1.82, 2.24) is 0 Å². The summed E-state index contributed by atoms with van der Waals surface area (Å²) in [5.41, 5.74) is 1.07. The summed E-state index contributed by atoms with van der Waals surface area (Å²) >= 11 is 0. The fourth-order valence-corrected chi connectivity index (χ4v) is 1.54. The quantitative estimate of drug-likeness (QED) is 0.627. The SMILES string of the molecule is Cc1c(NC(=O)C2CC2)cccc1[N+](=O)[O-]. The van der Waals surface area contributed by atoms with Crippen LogP contribution in [0.25, 0.3) is 0 Å². The number of carbonyl (C=O) groups excluding carboxylic acids is 1. The summed E-state index contributed by atoms with van der Waals surface area (Å²) in [6.07, 6.45) is 1.83. The molecule has 5 heteroatoms. The van der Waals surface area contributed by atoms with Gasteiger partial charge in [-0.05, 0) is 25.8 Å². The minimum atomic E-state index is -0.442. The highest BCUT2D eigenvalue weighted by atomic mass is 16.6. The number of carbonyl (C=O) groups is 1. The average Bonchev–Trinajstić information content (AvgIpc) is 3.03. The highest BCUT2D eigenvalue weighted by Gasteiger charge is 2.30. The van der Waals surface area contributed by atoms with Crippen LogP contribution in [0.5, 0.6) is 0 Å². The number of nitro groups is 1. The number of amides is 1. The van der Waals surface area contributed by atoms with Crippen molar-refractivity contribution in [3.05, 3.63) is 33.9 Å². The molecule has 5 nitrogen and oxygen atoms in total. The van der Waals surface area contributed by atoms with Gasteiger partial charge in [0.15, 0.2) is 0 Å². The Bertz CT molecular complexity index is 453. The summed E-state index contributed by atoms with van der Waals surface area (Å²) in [6, 6.07) is 4.69. The van der Waals surface area contributed by atoms with E-state index in [-0.39, 0.29) is 17.5 Å². The van der Waals surface area contributed by atoms with Crippen LogP contribution in [0.4, 0.5) is 11.4 Å². The fraction of sp³-hybridized carbons (Fsp3) is 0.364. The van der Waals surface area contributed by atoms with Crippen LogP contribution in [-0.2, 0) is 4.79 Å². The summed E-state index contributed by atoms with van der Waals surface area (Å²) in [7, 11) is 0. The monoisotopic (exact) mass is 220 g/mol. The smallest absolute Gasteiger partial charge is 0.274 e. The van der Waals surface area contributed by atoms with Gasteiger partial charge in [0.1, 0.15) is 0 Å². The van der Waals surface area contributed by atoms with Crippen LogP contribution in [0.1, 0.15) is 18.4 Å². The first-order valence-electron chi connectivity index (χ1n) is 5.14. The number of hydrogen-bond donors (Lipinski definition) is 1. The number of nitrogens with zero attached hydrogens (tertiary/aromatic N) is 1. The zero-order chi connectivity index (χ0) is 11.7. The Morgan fingerprint density at radius 2 is 2.19 bits per heavy atom. The summed E-state index contributed by atoms with van der Waals surface area (Å²) < 4.78 is 0. The van der Waals surface area contributed by atoms with Gasteiger partial charge in [0.2, 0.25) is 5.91 Å². The maximum absolute atomic E-state index is 11.5. The number of benzene rings is 1. The van der Waals surface area contributed by atoms with Crippen LogP contribution >= 0.6 is 0 Å². The molecule has 1 aliphatic carbocycles. The largest absolute Gasteiger partial charge is 0.325 e. The van der Waals surface area contributed by atoms with Gasteiger partial charge in [-0.3, -0.25) is 14.9 Å². The molecule has 0 heterocycles. The highest BCUT2D eigenvalue weighted by Crippen LogP contribution is 2.32. The lowest BCUT2D eigenvalue weighted by atomic mass is 10.1. The number of hydrogen-bond acceptors (Lipinski definition) is 3. The van der Waals surface area contributed by atoms with Gasteiger partial charge >= 0.3 is 0 Å². The van der Waals surface area contributed by atoms with E-state index < -0.39 is 4.92 Å². The lowest BCUT2D eigenvalue weighted by Crippen LogP contribution is -2.14. The maximum atomic E-state index is 11.5. The number of nitro benzene ring substituents is 1. The molecule has 1 amide bonds. The van der Waals surface area contributed by atoms with Gasteiger partial charge in [-0.15, -0.1) is 0 Å². The van der Waals surface area contributed by atoms with E-state index in [2.05, 4.69) is 5.32 Å². The molecule has 0 aliphatic heterocycles. The third-order valence-corrected chi connectivity index (χ3v) is 2.71. The average molecular weight is 220 g/mol. The van der Waals surface area contributed by atoms with Crippen molar-refractivity contribution in [3.8, 4) is 0 Å². The van der Waals surface area contributed by atoms with Crippen molar-refractivity contribution < 1.29 is 9.72 Å². The molecule has 0 saturated heterocycles. The van der Waals surface area contributed by atoms with Crippen molar-refractivity contribution >= 4 is 17.3 Å². The molecule has 0 spiro atoms. The summed E-state index contributed by atoms with van der Waals surface area (Å²) in [5.74, 6) is 0.0576. The van der Waals surface area contributed by atoms with Gasteiger partial charge in [-0.2, -0.15) is 0 Å². The van der Waals surface area contributed by atoms with Crippen molar-refractivity contribution in [2.45, 2.75) is 19.8 Å². The first-order chi connectivity index (χ1) is 7.59. The standard InChI is InChI=1S/C11H12N2O3/c1-7-9(12-11(14)8-5-6-8)3-2-4-10(7)13(15)16/h2-4,8H,5-6H2,1H3,(H,12,14). The van der Waals surface area contributed by atoms with Crippen LogP contribution in [0.3, 0.4) is 0 Å². The van der Waals surface area contributed by atoms with Crippen molar-refractivity contribution in [1.29, 1.82) is 0 Å². The minimum absolute atomic E-state index is 0.0357. The van der Waals surface area contributed by atoms with Crippen LogP contribution < -0.4 is 5.32 Å². The topological polar surface area (TPSA) is 72.2 Å². The fourth-order valence-electron chi connectivity index (χ4n) is 1.54. The number of anilines is 1. The summed E-state index contributed by atoms with van der Waals surface area (Å²) in [4.78, 5) is 21.8. The molecular formula is C11H12N2O3. The van der Waals surface area contributed by atoms with Crippen LogP contribution in [-0.4, -0.2) is 10.8 Å². The van der Waals surface area contributed by atoms with Gasteiger partial charge in [0.05, 0.1) is 16.2 Å². The second-order valence-corrected chi connectivity index (χ2v) is 3.97. The van der Waals surface area contributed by atoms with Gasteiger partial charge < -0.3 is 5.32 Å². The number of rotatable bonds is 3. The Kier molecular flexibility index (Phi) is 2.60. The Morgan fingerprint density at radius 1 is 1.50 bits per heavy atom. The van der Waals surface area contributed by atoms with E-state index in [9.17, 15) is 14.9 Å². The molecule has 1 aliphatic rings. The molecule has 0 aromatic heterocycles. The van der Waals surface area contributed by atoms with E-state index in [4.69, 9.17) is 0 Å². The van der Waals surface area contributed by atoms with E-state index in [1.807, 2.05) is 0 Å². The molecule has 0 atom stereocenters. The molecule has 1 aromatic rings. The molecule has 0 bridgehead atoms. The first kappa shape index (κ1) is 10.6. The highest BCUT2D eigenvalue weighted by molar-refractivity contribution is 5.95. The summed E-state index contributed by atoms with van der Waals surface area (Å²) in [6.45, 7) is 1.64. The van der Waals surface area contributed by atoms with Crippen molar-refractivity contribution in [3.63, 3.8) is 0 Å². The lowest BCUT2D eigenvalue weighted by Gasteiger charge is -2.07. The summed E-state index contributed by atoms with van der Waals surface area (Å²) in [5, 5.41) is 13.4. The molecule has 0 unspecified atom stereocenters. The maximum Gasteiger partial charge on any atom is 0.274 e. The predicted octanol–water partition coefficient (Wildman–Crippen LogP) is 2.25. The first-order valence-corrected chi connectivity index (χ1v) is 5.14. The van der Waals surface area contributed by atoms with Gasteiger partial charge in [0, 0.05) is 12.0 Å². The second-order valence-electron chi connectivity index (χ2n) is 3.97. The zero-order valence-corrected chi connectivity index (χ0v) is 8.90. The molecule has 1 fully saturated rings. The Hall–Kier alpha value is -1.91. The van der Waals surface area contributed by atoms with Crippen LogP contribution in [0.15, 0.2) is 18.2 Å². The Labute approximate surface area is 92.6 Å². The second kappa shape index (κ2) is 3.92. The van der Waals surface area contributed by atoms with Crippen molar-refractivity contribution in [2.24, 2.45) is 5.92 Å². The Morgan fingerprint density at radius 3 is 2.75 bits per heavy atom. The molecule has 84 valence electrons.